The molecule has 0 saturated carbocycles. The summed E-state index contributed by atoms with van der Waals surface area (Å²) in [7, 11) is 0. The molecule has 1 aromatic carbocycles. The minimum Gasteiger partial charge on any atom is -0.347 e. The highest BCUT2D eigenvalue weighted by Crippen LogP contribution is 2.19. The second kappa shape index (κ2) is 4.14. The van der Waals surface area contributed by atoms with E-state index in [-0.39, 0.29) is 5.82 Å². The molecule has 0 bridgehead atoms. The first-order chi connectivity index (χ1) is 7.58. The van der Waals surface area contributed by atoms with Crippen molar-refractivity contribution in [2.24, 2.45) is 0 Å². The highest BCUT2D eigenvalue weighted by Gasteiger charge is 2.04. The lowest BCUT2D eigenvalue weighted by atomic mass is 10.1. The van der Waals surface area contributed by atoms with Crippen molar-refractivity contribution < 1.29 is 4.39 Å². The summed E-state index contributed by atoms with van der Waals surface area (Å²) in [6.45, 7) is 3.83. The highest BCUT2D eigenvalue weighted by molar-refractivity contribution is 7.71. The Balaban J connectivity index is 2.60. The van der Waals surface area contributed by atoms with E-state index in [0.717, 1.165) is 17.0 Å². The van der Waals surface area contributed by atoms with Gasteiger partial charge in [0.2, 0.25) is 0 Å². The van der Waals surface area contributed by atoms with Gasteiger partial charge in [0.25, 0.3) is 0 Å². The Morgan fingerprint density at radius 1 is 1.19 bits per heavy atom. The molecule has 82 valence electrons. The van der Waals surface area contributed by atoms with Crippen LogP contribution in [0.15, 0.2) is 24.3 Å². The van der Waals surface area contributed by atoms with Crippen molar-refractivity contribution in [2.75, 3.05) is 0 Å². The number of aromatic nitrogens is 2. The summed E-state index contributed by atoms with van der Waals surface area (Å²) in [6.07, 6.45) is 0. The first kappa shape index (κ1) is 11.0. The van der Waals surface area contributed by atoms with Gasteiger partial charge in [-0.1, -0.05) is 12.2 Å². The van der Waals surface area contributed by atoms with Crippen LogP contribution in [0.3, 0.4) is 0 Å². The SMILES string of the molecule is Cc1nc(-c2ccc(F)cc2)c(=S)[nH]c1C. The van der Waals surface area contributed by atoms with Gasteiger partial charge in [-0.2, -0.15) is 0 Å². The van der Waals surface area contributed by atoms with Gasteiger partial charge in [0.1, 0.15) is 16.2 Å². The lowest BCUT2D eigenvalue weighted by molar-refractivity contribution is 0.628. The number of hydrogen-bond acceptors (Lipinski definition) is 2. The third kappa shape index (κ3) is 2.02. The number of nitrogens with zero attached hydrogens (tertiary/aromatic N) is 1. The van der Waals surface area contributed by atoms with E-state index in [2.05, 4.69) is 9.97 Å². The summed E-state index contributed by atoms with van der Waals surface area (Å²) in [4.78, 5) is 7.49. The molecule has 2 aromatic rings. The quantitative estimate of drug-likeness (QED) is 0.764. The minimum atomic E-state index is -0.262. The van der Waals surface area contributed by atoms with Crippen molar-refractivity contribution in [3.63, 3.8) is 0 Å². The van der Waals surface area contributed by atoms with Gasteiger partial charge >= 0.3 is 0 Å². The average Bonchev–Trinajstić information content (AvgIpc) is 2.25. The van der Waals surface area contributed by atoms with Crippen molar-refractivity contribution in [3.8, 4) is 11.3 Å². The molecule has 1 aromatic heterocycles. The molecule has 0 unspecified atom stereocenters. The summed E-state index contributed by atoms with van der Waals surface area (Å²) in [5.41, 5.74) is 3.37. The first-order valence-electron chi connectivity index (χ1n) is 4.91. The van der Waals surface area contributed by atoms with E-state index >= 15 is 0 Å². The zero-order valence-corrected chi connectivity index (χ0v) is 9.86. The van der Waals surface area contributed by atoms with Gasteiger partial charge in [-0.15, -0.1) is 0 Å². The topological polar surface area (TPSA) is 28.7 Å². The smallest absolute Gasteiger partial charge is 0.130 e. The van der Waals surface area contributed by atoms with Gasteiger partial charge in [0, 0.05) is 11.3 Å². The maximum absolute atomic E-state index is 12.8. The van der Waals surface area contributed by atoms with Gasteiger partial charge in [-0.05, 0) is 38.1 Å². The Morgan fingerprint density at radius 2 is 1.81 bits per heavy atom. The van der Waals surface area contributed by atoms with Crippen molar-refractivity contribution in [1.29, 1.82) is 0 Å². The third-order valence-electron chi connectivity index (χ3n) is 2.46. The van der Waals surface area contributed by atoms with Crippen LogP contribution in [-0.2, 0) is 0 Å². The number of benzene rings is 1. The monoisotopic (exact) mass is 234 g/mol. The molecule has 0 aliphatic rings. The standard InChI is InChI=1S/C12H11FN2S/c1-7-8(2)15-12(16)11(14-7)9-3-5-10(13)6-4-9/h3-6H,1-2H3,(H,15,16). The predicted molar refractivity (Wildman–Crippen MR) is 64.3 cm³/mol. The number of rotatable bonds is 1. The van der Waals surface area contributed by atoms with Crippen LogP contribution in [0.1, 0.15) is 11.4 Å². The van der Waals surface area contributed by atoms with E-state index in [1.165, 1.54) is 12.1 Å². The number of aryl methyl sites for hydroxylation is 2. The Kier molecular flexibility index (Phi) is 2.83. The maximum Gasteiger partial charge on any atom is 0.130 e. The average molecular weight is 234 g/mol. The van der Waals surface area contributed by atoms with E-state index in [4.69, 9.17) is 12.2 Å². The minimum absolute atomic E-state index is 0.262. The Labute approximate surface area is 98.2 Å². The molecule has 1 heterocycles. The van der Waals surface area contributed by atoms with E-state index in [9.17, 15) is 4.39 Å². The molecule has 4 heteroatoms. The molecule has 1 N–H and O–H groups in total. The van der Waals surface area contributed by atoms with Gasteiger partial charge in [0.05, 0.1) is 5.69 Å². The molecule has 16 heavy (non-hydrogen) atoms. The molecular weight excluding hydrogens is 223 g/mol. The molecule has 0 fully saturated rings. The second-order valence-corrected chi connectivity index (χ2v) is 4.04. The van der Waals surface area contributed by atoms with Crippen LogP contribution >= 0.6 is 12.2 Å². The number of aromatic amines is 1. The van der Waals surface area contributed by atoms with Crippen LogP contribution in [0.2, 0.25) is 0 Å². The Bertz CT molecular complexity index is 573. The van der Waals surface area contributed by atoms with Crippen LogP contribution in [0, 0.1) is 24.3 Å². The Hall–Kier alpha value is -1.55. The van der Waals surface area contributed by atoms with E-state index in [1.54, 1.807) is 12.1 Å². The van der Waals surface area contributed by atoms with Crippen molar-refractivity contribution in [3.05, 3.63) is 46.1 Å². The summed E-state index contributed by atoms with van der Waals surface area (Å²) < 4.78 is 13.4. The second-order valence-electron chi connectivity index (χ2n) is 3.63. The van der Waals surface area contributed by atoms with Crippen LogP contribution < -0.4 is 0 Å². The van der Waals surface area contributed by atoms with Crippen molar-refractivity contribution >= 4 is 12.2 Å². The first-order valence-corrected chi connectivity index (χ1v) is 5.32. The molecule has 0 spiro atoms. The fourth-order valence-corrected chi connectivity index (χ4v) is 1.74. The summed E-state index contributed by atoms with van der Waals surface area (Å²) in [5, 5.41) is 0. The molecule has 0 atom stereocenters. The van der Waals surface area contributed by atoms with Gasteiger partial charge in [-0.25, -0.2) is 9.37 Å². The summed E-state index contributed by atoms with van der Waals surface area (Å²) >= 11 is 5.20. The fraction of sp³-hybridized carbons (Fsp3) is 0.167. The normalized spacial score (nSPS) is 10.4. The summed E-state index contributed by atoms with van der Waals surface area (Å²) in [6, 6.07) is 6.16. The lowest BCUT2D eigenvalue weighted by Gasteiger charge is -2.05. The maximum atomic E-state index is 12.8. The van der Waals surface area contributed by atoms with Crippen molar-refractivity contribution in [2.45, 2.75) is 13.8 Å². The van der Waals surface area contributed by atoms with Gasteiger partial charge in [-0.3, -0.25) is 0 Å². The molecule has 2 nitrogen and oxygen atoms in total. The number of nitrogens with one attached hydrogen (secondary N) is 1. The fourth-order valence-electron chi connectivity index (χ4n) is 1.43. The molecular formula is C12H11FN2S. The molecule has 0 aliphatic heterocycles. The molecule has 0 radical (unpaired) electrons. The lowest BCUT2D eigenvalue weighted by Crippen LogP contribution is -1.96. The third-order valence-corrected chi connectivity index (χ3v) is 2.75. The molecule has 0 amide bonds. The van der Waals surface area contributed by atoms with Gasteiger partial charge < -0.3 is 4.98 Å². The number of halogens is 1. The number of H-pyrrole nitrogens is 1. The molecule has 0 saturated heterocycles. The molecule has 0 aliphatic carbocycles. The van der Waals surface area contributed by atoms with Crippen molar-refractivity contribution in [1.82, 2.24) is 9.97 Å². The van der Waals surface area contributed by atoms with E-state index in [1.807, 2.05) is 13.8 Å². The zero-order chi connectivity index (χ0) is 11.7. The van der Waals surface area contributed by atoms with Crippen LogP contribution in [0.25, 0.3) is 11.3 Å². The molecule has 2 rings (SSSR count). The largest absolute Gasteiger partial charge is 0.347 e. The highest BCUT2D eigenvalue weighted by atomic mass is 32.1. The zero-order valence-electron chi connectivity index (χ0n) is 9.04. The van der Waals surface area contributed by atoms with E-state index in [0.29, 0.717) is 10.3 Å². The Morgan fingerprint density at radius 3 is 2.44 bits per heavy atom. The van der Waals surface area contributed by atoms with Crippen LogP contribution in [0.5, 0.6) is 0 Å². The summed E-state index contributed by atoms with van der Waals surface area (Å²) in [5.74, 6) is -0.262. The number of hydrogen-bond donors (Lipinski definition) is 1. The van der Waals surface area contributed by atoms with Gasteiger partial charge in [0.15, 0.2) is 0 Å². The van der Waals surface area contributed by atoms with E-state index < -0.39 is 0 Å². The predicted octanol–water partition coefficient (Wildman–Crippen LogP) is 3.56. The van der Waals surface area contributed by atoms with Crippen LogP contribution in [-0.4, -0.2) is 9.97 Å². The van der Waals surface area contributed by atoms with Crippen LogP contribution in [0.4, 0.5) is 4.39 Å².